The molecule has 2 aromatic rings. The fourth-order valence-electron chi connectivity index (χ4n) is 1.85. The summed E-state index contributed by atoms with van der Waals surface area (Å²) in [5.41, 5.74) is 1.09. The molecule has 0 aliphatic rings. The van der Waals surface area contributed by atoms with Crippen molar-refractivity contribution in [3.63, 3.8) is 0 Å². The summed E-state index contributed by atoms with van der Waals surface area (Å²) in [4.78, 5) is 11.8. The van der Waals surface area contributed by atoms with E-state index in [4.69, 9.17) is 4.74 Å². The van der Waals surface area contributed by atoms with Crippen LogP contribution in [0.25, 0.3) is 0 Å². The number of rotatable bonds is 6. The van der Waals surface area contributed by atoms with E-state index in [-0.39, 0.29) is 17.6 Å². The molecule has 2 N–H and O–H groups in total. The van der Waals surface area contributed by atoms with Crippen LogP contribution in [0.1, 0.15) is 31.3 Å². The first-order chi connectivity index (χ1) is 10.6. The van der Waals surface area contributed by atoms with Crippen molar-refractivity contribution in [1.82, 2.24) is 15.5 Å². The lowest BCUT2D eigenvalue weighted by Gasteiger charge is -2.11. The van der Waals surface area contributed by atoms with E-state index in [1.807, 2.05) is 45.0 Å². The molecular formula is C16H20N4O2. The molecule has 1 amide bonds. The summed E-state index contributed by atoms with van der Waals surface area (Å²) < 4.78 is 5.54. The Morgan fingerprint density at radius 2 is 1.95 bits per heavy atom. The van der Waals surface area contributed by atoms with Crippen LogP contribution in [-0.2, 0) is 0 Å². The monoisotopic (exact) mass is 300 g/mol. The van der Waals surface area contributed by atoms with Gasteiger partial charge >= 0.3 is 0 Å². The minimum atomic E-state index is -0.233. The third kappa shape index (κ3) is 4.18. The zero-order valence-electron chi connectivity index (χ0n) is 13.0. The van der Waals surface area contributed by atoms with Crippen LogP contribution in [0.5, 0.6) is 5.75 Å². The summed E-state index contributed by atoms with van der Waals surface area (Å²) in [5, 5.41) is 13.9. The lowest BCUT2D eigenvalue weighted by atomic mass is 10.3. The lowest BCUT2D eigenvalue weighted by molar-refractivity contribution is 0.0937. The molecule has 116 valence electrons. The molecule has 0 spiro atoms. The Bertz CT molecular complexity index is 626. The quantitative estimate of drug-likeness (QED) is 0.858. The Morgan fingerprint density at radius 1 is 1.18 bits per heavy atom. The van der Waals surface area contributed by atoms with Crippen LogP contribution in [-0.4, -0.2) is 28.8 Å². The van der Waals surface area contributed by atoms with Crippen molar-refractivity contribution in [2.75, 3.05) is 11.9 Å². The number of anilines is 2. The van der Waals surface area contributed by atoms with Crippen LogP contribution in [0.15, 0.2) is 36.4 Å². The first-order valence-corrected chi connectivity index (χ1v) is 7.23. The Balaban J connectivity index is 2.10. The predicted molar refractivity (Wildman–Crippen MR) is 85.5 cm³/mol. The Hall–Kier alpha value is -2.63. The number of benzene rings is 1. The largest absolute Gasteiger partial charge is 0.492 e. The maximum Gasteiger partial charge on any atom is 0.271 e. The van der Waals surface area contributed by atoms with E-state index in [1.165, 1.54) is 0 Å². The SMILES string of the molecule is CCOc1ccccc1Nc1ccc(C(=O)NC(C)C)nn1. The third-order valence-corrected chi connectivity index (χ3v) is 2.77. The molecule has 0 saturated heterocycles. The van der Waals surface area contributed by atoms with Crippen LogP contribution in [0, 0.1) is 0 Å². The molecule has 6 nitrogen and oxygen atoms in total. The van der Waals surface area contributed by atoms with Crippen LogP contribution < -0.4 is 15.4 Å². The van der Waals surface area contributed by atoms with Gasteiger partial charge in [0.25, 0.3) is 5.91 Å². The smallest absolute Gasteiger partial charge is 0.271 e. The number of amides is 1. The molecule has 0 radical (unpaired) electrons. The van der Waals surface area contributed by atoms with Crippen molar-refractivity contribution in [2.24, 2.45) is 0 Å². The van der Waals surface area contributed by atoms with E-state index < -0.39 is 0 Å². The van der Waals surface area contributed by atoms with E-state index >= 15 is 0 Å². The second-order valence-corrected chi connectivity index (χ2v) is 4.99. The molecule has 0 saturated carbocycles. The number of carbonyl (C=O) groups excluding carboxylic acids is 1. The first kappa shape index (κ1) is 15.8. The summed E-state index contributed by atoms with van der Waals surface area (Å²) in [5.74, 6) is 1.06. The van der Waals surface area contributed by atoms with Gasteiger partial charge in [-0.3, -0.25) is 4.79 Å². The normalized spacial score (nSPS) is 10.4. The van der Waals surface area contributed by atoms with Crippen LogP contribution in [0.4, 0.5) is 11.5 Å². The minimum Gasteiger partial charge on any atom is -0.492 e. The molecule has 0 bridgehead atoms. The van der Waals surface area contributed by atoms with Gasteiger partial charge in [0, 0.05) is 6.04 Å². The number of para-hydroxylation sites is 2. The molecule has 22 heavy (non-hydrogen) atoms. The van der Waals surface area contributed by atoms with Crippen molar-refractivity contribution < 1.29 is 9.53 Å². The number of hydrogen-bond acceptors (Lipinski definition) is 5. The second-order valence-electron chi connectivity index (χ2n) is 4.99. The van der Waals surface area contributed by atoms with Crippen LogP contribution >= 0.6 is 0 Å². The zero-order valence-corrected chi connectivity index (χ0v) is 13.0. The summed E-state index contributed by atoms with van der Waals surface area (Å²) >= 11 is 0. The van der Waals surface area contributed by atoms with Crippen molar-refractivity contribution in [1.29, 1.82) is 0 Å². The van der Waals surface area contributed by atoms with Gasteiger partial charge < -0.3 is 15.4 Å². The standard InChI is InChI=1S/C16H20N4O2/c1-4-22-14-8-6-5-7-12(14)18-15-10-9-13(19-20-15)16(21)17-11(2)3/h5-11H,4H2,1-3H3,(H,17,21)(H,18,20). The lowest BCUT2D eigenvalue weighted by Crippen LogP contribution is -2.30. The van der Waals surface area contributed by atoms with Crippen molar-refractivity contribution >= 4 is 17.4 Å². The predicted octanol–water partition coefficient (Wildman–Crippen LogP) is 2.76. The topological polar surface area (TPSA) is 76.1 Å². The molecule has 6 heteroatoms. The molecule has 2 rings (SSSR count). The Labute approximate surface area is 129 Å². The van der Waals surface area contributed by atoms with Gasteiger partial charge in [-0.25, -0.2) is 0 Å². The second kappa shape index (κ2) is 7.40. The van der Waals surface area contributed by atoms with Gasteiger partial charge in [0.15, 0.2) is 11.5 Å². The van der Waals surface area contributed by atoms with E-state index in [2.05, 4.69) is 20.8 Å². The number of hydrogen-bond donors (Lipinski definition) is 2. The molecule has 1 heterocycles. The highest BCUT2D eigenvalue weighted by atomic mass is 16.5. The van der Waals surface area contributed by atoms with Crippen molar-refractivity contribution in [3.8, 4) is 5.75 Å². The average Bonchev–Trinajstić information content (AvgIpc) is 2.49. The van der Waals surface area contributed by atoms with E-state index in [0.717, 1.165) is 11.4 Å². The number of aromatic nitrogens is 2. The Kier molecular flexibility index (Phi) is 5.30. The van der Waals surface area contributed by atoms with Crippen LogP contribution in [0.2, 0.25) is 0 Å². The highest BCUT2D eigenvalue weighted by Crippen LogP contribution is 2.26. The molecule has 0 unspecified atom stereocenters. The van der Waals surface area contributed by atoms with Gasteiger partial charge in [-0.1, -0.05) is 12.1 Å². The molecule has 1 aromatic heterocycles. The molecule has 1 aromatic carbocycles. The molecule has 0 aliphatic heterocycles. The van der Waals surface area contributed by atoms with Gasteiger partial charge in [-0.2, -0.15) is 0 Å². The van der Waals surface area contributed by atoms with Gasteiger partial charge in [-0.15, -0.1) is 10.2 Å². The maximum absolute atomic E-state index is 11.8. The van der Waals surface area contributed by atoms with Gasteiger partial charge in [0.1, 0.15) is 5.75 Å². The van der Waals surface area contributed by atoms with Gasteiger partial charge in [0.05, 0.1) is 12.3 Å². The van der Waals surface area contributed by atoms with Crippen molar-refractivity contribution in [3.05, 3.63) is 42.1 Å². The summed E-state index contributed by atoms with van der Waals surface area (Å²) in [6.45, 7) is 6.30. The van der Waals surface area contributed by atoms with E-state index in [1.54, 1.807) is 12.1 Å². The summed E-state index contributed by atoms with van der Waals surface area (Å²) in [7, 11) is 0. The first-order valence-electron chi connectivity index (χ1n) is 7.23. The van der Waals surface area contributed by atoms with E-state index in [0.29, 0.717) is 12.4 Å². The highest BCUT2D eigenvalue weighted by Gasteiger charge is 2.10. The van der Waals surface area contributed by atoms with Crippen molar-refractivity contribution in [2.45, 2.75) is 26.8 Å². The summed E-state index contributed by atoms with van der Waals surface area (Å²) in [6.07, 6.45) is 0. The number of nitrogens with one attached hydrogen (secondary N) is 2. The molecule has 0 fully saturated rings. The van der Waals surface area contributed by atoms with Gasteiger partial charge in [0.2, 0.25) is 0 Å². The number of ether oxygens (including phenoxy) is 1. The minimum absolute atomic E-state index is 0.0603. The van der Waals surface area contributed by atoms with Gasteiger partial charge in [-0.05, 0) is 45.0 Å². The summed E-state index contributed by atoms with van der Waals surface area (Å²) in [6, 6.07) is 11.0. The Morgan fingerprint density at radius 3 is 2.59 bits per heavy atom. The maximum atomic E-state index is 11.8. The van der Waals surface area contributed by atoms with E-state index in [9.17, 15) is 4.79 Å². The zero-order chi connectivity index (χ0) is 15.9. The number of nitrogens with zero attached hydrogens (tertiary/aromatic N) is 2. The third-order valence-electron chi connectivity index (χ3n) is 2.77. The van der Waals surface area contributed by atoms with Crippen LogP contribution in [0.3, 0.4) is 0 Å². The molecule has 0 aliphatic carbocycles. The molecule has 0 atom stereocenters. The fraction of sp³-hybridized carbons (Fsp3) is 0.312. The highest BCUT2D eigenvalue weighted by molar-refractivity contribution is 5.92. The fourth-order valence-corrected chi connectivity index (χ4v) is 1.85. The number of carbonyl (C=O) groups is 1. The molecular weight excluding hydrogens is 280 g/mol. The average molecular weight is 300 g/mol.